The minimum Gasteiger partial charge on any atom is -0.493 e. The summed E-state index contributed by atoms with van der Waals surface area (Å²) in [4.78, 5) is 23.3. The van der Waals surface area contributed by atoms with Crippen LogP contribution in [0.15, 0.2) is 76.3 Å². The van der Waals surface area contributed by atoms with Gasteiger partial charge in [0.2, 0.25) is 5.91 Å². The summed E-state index contributed by atoms with van der Waals surface area (Å²) in [6, 6.07) is 19.9. The topological polar surface area (TPSA) is 89.0 Å². The molecule has 0 unspecified atom stereocenters. The lowest BCUT2D eigenvalue weighted by molar-refractivity contribution is -0.114. The molecule has 0 fully saturated rings. The van der Waals surface area contributed by atoms with E-state index in [1.807, 2.05) is 36.4 Å². The molecule has 0 radical (unpaired) electrons. The number of hydrogen-bond donors (Lipinski definition) is 2. The molecule has 3 aromatic rings. The smallest absolute Gasteiger partial charge is 0.271 e. The zero-order chi connectivity index (χ0) is 22.9. The van der Waals surface area contributed by atoms with Gasteiger partial charge in [0.15, 0.2) is 11.5 Å². The van der Waals surface area contributed by atoms with Crippen molar-refractivity contribution in [3.8, 4) is 11.5 Å². The van der Waals surface area contributed by atoms with E-state index < -0.39 is 0 Å². The van der Waals surface area contributed by atoms with Crippen LogP contribution in [0.5, 0.6) is 11.5 Å². The molecule has 3 rings (SSSR count). The van der Waals surface area contributed by atoms with Gasteiger partial charge < -0.3 is 14.8 Å². The molecule has 0 saturated carbocycles. The number of ether oxygens (including phenoxy) is 2. The van der Waals surface area contributed by atoms with E-state index >= 15 is 0 Å². The number of halogens is 1. The molecule has 0 aliphatic carbocycles. The van der Waals surface area contributed by atoms with E-state index in [1.165, 1.54) is 13.1 Å². The van der Waals surface area contributed by atoms with E-state index in [0.717, 1.165) is 5.56 Å². The first-order valence-electron chi connectivity index (χ1n) is 9.71. The minimum atomic E-state index is -0.371. The first kappa shape index (κ1) is 23.0. The van der Waals surface area contributed by atoms with Crippen LogP contribution in [0.4, 0.5) is 5.69 Å². The third-order valence-electron chi connectivity index (χ3n) is 4.32. The first-order valence-corrected chi connectivity index (χ1v) is 10.5. The molecule has 32 heavy (non-hydrogen) atoms. The van der Waals surface area contributed by atoms with Gasteiger partial charge in [-0.3, -0.25) is 9.59 Å². The van der Waals surface area contributed by atoms with Gasteiger partial charge in [-0.05, 0) is 63.5 Å². The average Bonchev–Trinajstić information content (AvgIpc) is 2.78. The highest BCUT2D eigenvalue weighted by Gasteiger charge is 2.12. The number of hydrogen-bond acceptors (Lipinski definition) is 5. The van der Waals surface area contributed by atoms with E-state index in [2.05, 4.69) is 31.8 Å². The Morgan fingerprint density at radius 3 is 2.44 bits per heavy atom. The van der Waals surface area contributed by atoms with Gasteiger partial charge in [0.1, 0.15) is 6.61 Å². The van der Waals surface area contributed by atoms with Crippen molar-refractivity contribution in [1.29, 1.82) is 0 Å². The summed E-state index contributed by atoms with van der Waals surface area (Å²) in [7, 11) is 1.56. The third kappa shape index (κ3) is 6.42. The lowest BCUT2D eigenvalue weighted by Crippen LogP contribution is -2.17. The molecule has 0 atom stereocenters. The van der Waals surface area contributed by atoms with Crippen molar-refractivity contribution in [2.24, 2.45) is 5.10 Å². The zero-order valence-electron chi connectivity index (χ0n) is 17.6. The van der Waals surface area contributed by atoms with E-state index in [0.29, 0.717) is 39.4 Å². The lowest BCUT2D eigenvalue weighted by atomic mass is 10.2. The van der Waals surface area contributed by atoms with Crippen LogP contribution >= 0.6 is 15.9 Å². The molecule has 2 N–H and O–H groups in total. The predicted octanol–water partition coefficient (Wildman–Crippen LogP) is 4.76. The molecule has 7 nitrogen and oxygen atoms in total. The van der Waals surface area contributed by atoms with E-state index in [4.69, 9.17) is 9.47 Å². The molecule has 0 aliphatic heterocycles. The fraction of sp³-hybridized carbons (Fsp3) is 0.125. The summed E-state index contributed by atoms with van der Waals surface area (Å²) >= 11 is 3.51. The van der Waals surface area contributed by atoms with E-state index in [9.17, 15) is 9.59 Å². The molecule has 3 aromatic carbocycles. The van der Waals surface area contributed by atoms with Gasteiger partial charge in [0, 0.05) is 18.2 Å². The maximum atomic E-state index is 12.3. The van der Waals surface area contributed by atoms with E-state index in [-0.39, 0.29) is 11.8 Å². The molecule has 0 saturated heterocycles. The van der Waals surface area contributed by atoms with E-state index in [1.54, 1.807) is 37.4 Å². The number of benzene rings is 3. The van der Waals surface area contributed by atoms with Gasteiger partial charge in [0.25, 0.3) is 5.91 Å². The Bertz CT molecular complexity index is 1120. The summed E-state index contributed by atoms with van der Waals surface area (Å²) in [5.41, 5.74) is 5.26. The first-order chi connectivity index (χ1) is 15.5. The summed E-state index contributed by atoms with van der Waals surface area (Å²) in [5, 5.41) is 6.66. The molecule has 2 amide bonds. The Labute approximate surface area is 194 Å². The Morgan fingerprint density at radius 2 is 1.78 bits per heavy atom. The van der Waals surface area contributed by atoms with Gasteiger partial charge >= 0.3 is 0 Å². The Morgan fingerprint density at radius 1 is 1.06 bits per heavy atom. The Kier molecular flexibility index (Phi) is 7.99. The molecular formula is C24H22BrN3O4. The minimum absolute atomic E-state index is 0.176. The van der Waals surface area contributed by atoms with Gasteiger partial charge in [-0.25, -0.2) is 5.43 Å². The SMILES string of the molecule is COc1cc(C=NNC(=O)c2ccc(NC(C)=O)cc2)cc(Br)c1OCc1ccccc1. The van der Waals surface area contributed by atoms with Crippen molar-refractivity contribution in [2.75, 3.05) is 12.4 Å². The van der Waals surface area contributed by atoms with Gasteiger partial charge in [0.05, 0.1) is 17.8 Å². The highest BCUT2D eigenvalue weighted by molar-refractivity contribution is 9.10. The molecule has 8 heteroatoms. The Hall–Kier alpha value is -3.65. The zero-order valence-corrected chi connectivity index (χ0v) is 19.2. The van der Waals surface area contributed by atoms with Crippen molar-refractivity contribution in [1.82, 2.24) is 5.43 Å². The third-order valence-corrected chi connectivity index (χ3v) is 4.91. The number of rotatable bonds is 8. The van der Waals surface area contributed by atoms with Crippen LogP contribution < -0.4 is 20.2 Å². The number of nitrogens with zero attached hydrogens (tertiary/aromatic N) is 1. The molecule has 0 bridgehead atoms. The van der Waals surface area contributed by atoms with Gasteiger partial charge in [-0.2, -0.15) is 5.10 Å². The number of hydrazone groups is 1. The number of methoxy groups -OCH3 is 1. The second-order valence-corrected chi connectivity index (χ2v) is 7.62. The number of anilines is 1. The molecule has 0 aromatic heterocycles. The second kappa shape index (κ2) is 11.1. The number of carbonyl (C=O) groups is 2. The van der Waals surface area contributed by atoms with Crippen LogP contribution in [-0.4, -0.2) is 25.1 Å². The molecule has 0 aliphatic rings. The van der Waals surface area contributed by atoms with Crippen LogP contribution in [0, 0.1) is 0 Å². The van der Waals surface area contributed by atoms with Gasteiger partial charge in [-0.1, -0.05) is 30.3 Å². The van der Waals surface area contributed by atoms with Crippen molar-refractivity contribution >= 4 is 39.6 Å². The molecule has 0 heterocycles. The van der Waals surface area contributed by atoms with Crippen molar-refractivity contribution < 1.29 is 19.1 Å². The highest BCUT2D eigenvalue weighted by atomic mass is 79.9. The summed E-state index contributed by atoms with van der Waals surface area (Å²) in [5.74, 6) is 0.572. The van der Waals surface area contributed by atoms with Crippen LogP contribution in [0.1, 0.15) is 28.4 Å². The Balaban J connectivity index is 1.64. The molecule has 164 valence electrons. The summed E-state index contributed by atoms with van der Waals surface area (Å²) in [6.45, 7) is 1.82. The number of carbonyl (C=O) groups excluding carboxylic acids is 2. The van der Waals surface area contributed by atoms with Crippen LogP contribution in [0.25, 0.3) is 0 Å². The normalized spacial score (nSPS) is 10.6. The van der Waals surface area contributed by atoms with Crippen LogP contribution in [-0.2, 0) is 11.4 Å². The summed E-state index contributed by atoms with van der Waals surface area (Å²) in [6.07, 6.45) is 1.51. The number of nitrogens with one attached hydrogen (secondary N) is 2. The van der Waals surface area contributed by atoms with Crippen LogP contribution in [0.3, 0.4) is 0 Å². The monoisotopic (exact) mass is 495 g/mol. The predicted molar refractivity (Wildman–Crippen MR) is 127 cm³/mol. The standard InChI is InChI=1S/C24H22BrN3O4/c1-16(29)27-20-10-8-19(9-11-20)24(30)28-26-14-18-12-21(25)23(22(13-18)31-2)32-15-17-6-4-3-5-7-17/h3-14H,15H2,1-2H3,(H,27,29)(H,28,30). The maximum absolute atomic E-state index is 12.3. The van der Waals surface area contributed by atoms with Crippen molar-refractivity contribution in [2.45, 2.75) is 13.5 Å². The van der Waals surface area contributed by atoms with Crippen molar-refractivity contribution in [3.05, 3.63) is 87.9 Å². The highest BCUT2D eigenvalue weighted by Crippen LogP contribution is 2.36. The quantitative estimate of drug-likeness (QED) is 0.348. The fourth-order valence-corrected chi connectivity index (χ4v) is 3.40. The van der Waals surface area contributed by atoms with Crippen LogP contribution in [0.2, 0.25) is 0 Å². The van der Waals surface area contributed by atoms with Crippen molar-refractivity contribution in [3.63, 3.8) is 0 Å². The second-order valence-electron chi connectivity index (χ2n) is 6.77. The molecule has 0 spiro atoms. The molecular weight excluding hydrogens is 474 g/mol. The maximum Gasteiger partial charge on any atom is 0.271 e. The summed E-state index contributed by atoms with van der Waals surface area (Å²) < 4.78 is 12.1. The average molecular weight is 496 g/mol. The lowest BCUT2D eigenvalue weighted by Gasteiger charge is -2.13. The largest absolute Gasteiger partial charge is 0.493 e. The number of amides is 2. The van der Waals surface area contributed by atoms with Gasteiger partial charge in [-0.15, -0.1) is 0 Å². The fourth-order valence-electron chi connectivity index (χ4n) is 2.82.